The summed E-state index contributed by atoms with van der Waals surface area (Å²) in [5.74, 6) is 0. The summed E-state index contributed by atoms with van der Waals surface area (Å²) in [6.45, 7) is 9.41. The molecule has 0 amide bonds. The molecule has 0 aliphatic heterocycles. The molecule has 1 unspecified atom stereocenters. The van der Waals surface area contributed by atoms with Gasteiger partial charge in [-0.2, -0.15) is 0 Å². The van der Waals surface area contributed by atoms with Crippen molar-refractivity contribution in [3.8, 4) is 0 Å². The van der Waals surface area contributed by atoms with E-state index in [9.17, 15) is 5.11 Å². The zero-order valence-electron chi connectivity index (χ0n) is 8.93. The Morgan fingerprint density at radius 1 is 1.25 bits per heavy atom. The van der Waals surface area contributed by atoms with E-state index in [1.54, 1.807) is 14.0 Å². The third-order valence-electron chi connectivity index (χ3n) is 2.30. The van der Waals surface area contributed by atoms with Gasteiger partial charge in [0.1, 0.15) is 5.60 Å². The predicted molar refractivity (Wildman–Crippen MR) is 51.1 cm³/mol. The molecule has 0 heterocycles. The normalized spacial score (nSPS) is 16.9. The fourth-order valence-electron chi connectivity index (χ4n) is 0.943. The largest absolute Gasteiger partial charge is 0.383 e. The molecule has 0 spiro atoms. The molecule has 0 saturated heterocycles. The van der Waals surface area contributed by atoms with Crippen LogP contribution < -0.4 is 0 Å². The third kappa shape index (κ3) is 2.61. The highest BCUT2D eigenvalue weighted by Gasteiger charge is 2.37. The van der Waals surface area contributed by atoms with E-state index in [0.29, 0.717) is 0 Å². The number of hydrogen-bond acceptors (Lipinski definition) is 2. The first-order valence-electron chi connectivity index (χ1n) is 4.16. The van der Waals surface area contributed by atoms with Gasteiger partial charge in [0.25, 0.3) is 0 Å². The molecular formula is C10H20O2. The van der Waals surface area contributed by atoms with E-state index < -0.39 is 11.2 Å². The lowest BCUT2D eigenvalue weighted by molar-refractivity contribution is -0.113. The average Bonchev–Trinajstić information content (AvgIpc) is 1.84. The molecule has 2 heteroatoms. The van der Waals surface area contributed by atoms with Crippen molar-refractivity contribution >= 4 is 0 Å². The summed E-state index contributed by atoms with van der Waals surface area (Å²) in [4.78, 5) is 0. The van der Waals surface area contributed by atoms with Crippen molar-refractivity contribution in [2.45, 2.75) is 45.8 Å². The zero-order chi connectivity index (χ0) is 9.99. The number of rotatable bonds is 3. The molecule has 0 aliphatic carbocycles. The summed E-state index contributed by atoms with van der Waals surface area (Å²) in [7, 11) is 1.60. The van der Waals surface area contributed by atoms with Crippen LogP contribution in [0.4, 0.5) is 0 Å². The van der Waals surface area contributed by atoms with Crippen molar-refractivity contribution < 1.29 is 9.84 Å². The molecule has 0 saturated carbocycles. The lowest BCUT2D eigenvalue weighted by Crippen LogP contribution is -2.47. The highest BCUT2D eigenvalue weighted by molar-refractivity contribution is 5.11. The summed E-state index contributed by atoms with van der Waals surface area (Å²) in [6, 6.07) is 0. The van der Waals surface area contributed by atoms with Crippen molar-refractivity contribution in [3.05, 3.63) is 11.6 Å². The van der Waals surface area contributed by atoms with Crippen LogP contribution in [0.15, 0.2) is 11.6 Å². The second-order valence-electron chi connectivity index (χ2n) is 4.08. The van der Waals surface area contributed by atoms with Crippen LogP contribution in [0.1, 0.15) is 34.6 Å². The second-order valence-corrected chi connectivity index (χ2v) is 4.08. The quantitative estimate of drug-likeness (QED) is 0.661. The fourth-order valence-corrected chi connectivity index (χ4v) is 0.943. The molecule has 0 aromatic carbocycles. The Hall–Kier alpha value is -0.340. The van der Waals surface area contributed by atoms with Gasteiger partial charge in [0.05, 0.1) is 5.60 Å². The van der Waals surface area contributed by atoms with E-state index in [2.05, 4.69) is 0 Å². The highest BCUT2D eigenvalue weighted by Crippen LogP contribution is 2.27. The van der Waals surface area contributed by atoms with Crippen molar-refractivity contribution in [2.75, 3.05) is 7.11 Å². The maximum atomic E-state index is 10.0. The summed E-state index contributed by atoms with van der Waals surface area (Å²) >= 11 is 0. The maximum absolute atomic E-state index is 10.0. The van der Waals surface area contributed by atoms with Gasteiger partial charge in [-0.15, -0.1) is 0 Å². The number of ether oxygens (including phenoxy) is 1. The molecule has 12 heavy (non-hydrogen) atoms. The van der Waals surface area contributed by atoms with Crippen LogP contribution in [0.25, 0.3) is 0 Å². The molecule has 0 radical (unpaired) electrons. The molecule has 1 atom stereocenters. The summed E-state index contributed by atoms with van der Waals surface area (Å²) < 4.78 is 5.21. The van der Waals surface area contributed by atoms with Crippen LogP contribution in [0, 0.1) is 0 Å². The molecular weight excluding hydrogens is 152 g/mol. The third-order valence-corrected chi connectivity index (χ3v) is 2.30. The van der Waals surface area contributed by atoms with Crippen molar-refractivity contribution in [1.82, 2.24) is 0 Å². The Kier molecular flexibility index (Phi) is 3.48. The van der Waals surface area contributed by atoms with E-state index >= 15 is 0 Å². The smallest absolute Gasteiger partial charge is 0.108 e. The van der Waals surface area contributed by atoms with Gasteiger partial charge in [-0.3, -0.25) is 0 Å². The minimum Gasteiger partial charge on any atom is -0.383 e. The Balaban J connectivity index is 4.72. The maximum Gasteiger partial charge on any atom is 0.108 e. The van der Waals surface area contributed by atoms with Crippen molar-refractivity contribution in [3.63, 3.8) is 0 Å². The molecule has 0 aliphatic rings. The highest BCUT2D eigenvalue weighted by atomic mass is 16.5. The van der Waals surface area contributed by atoms with E-state index in [4.69, 9.17) is 4.74 Å². The predicted octanol–water partition coefficient (Wildman–Crippen LogP) is 2.13. The first-order chi connectivity index (χ1) is 5.23. The van der Waals surface area contributed by atoms with Gasteiger partial charge in [0.15, 0.2) is 0 Å². The minimum absolute atomic E-state index is 0.551. The first-order valence-corrected chi connectivity index (χ1v) is 4.16. The van der Waals surface area contributed by atoms with Crippen LogP contribution in [0.3, 0.4) is 0 Å². The van der Waals surface area contributed by atoms with E-state index in [1.807, 2.05) is 33.8 Å². The molecule has 0 aromatic rings. The number of methoxy groups -OCH3 is 1. The number of allylic oxidation sites excluding steroid dienone is 1. The van der Waals surface area contributed by atoms with E-state index in [0.717, 1.165) is 5.57 Å². The van der Waals surface area contributed by atoms with Crippen molar-refractivity contribution in [1.29, 1.82) is 0 Å². The van der Waals surface area contributed by atoms with Crippen LogP contribution in [-0.4, -0.2) is 23.4 Å². The number of hydrogen-bond donors (Lipinski definition) is 1. The second kappa shape index (κ2) is 3.58. The molecule has 2 nitrogen and oxygen atoms in total. The first kappa shape index (κ1) is 11.7. The fraction of sp³-hybridized carbons (Fsp3) is 0.800. The van der Waals surface area contributed by atoms with Gasteiger partial charge in [0.2, 0.25) is 0 Å². The van der Waals surface area contributed by atoms with Gasteiger partial charge in [-0.05, 0) is 34.6 Å². The van der Waals surface area contributed by atoms with Gasteiger partial charge < -0.3 is 9.84 Å². The van der Waals surface area contributed by atoms with Gasteiger partial charge >= 0.3 is 0 Å². The molecule has 1 N–H and O–H groups in total. The van der Waals surface area contributed by atoms with E-state index in [-0.39, 0.29) is 0 Å². The zero-order valence-corrected chi connectivity index (χ0v) is 8.93. The van der Waals surface area contributed by atoms with E-state index in [1.165, 1.54) is 0 Å². The molecule has 0 fully saturated rings. The molecule has 0 aromatic heterocycles. The average molecular weight is 172 g/mol. The Morgan fingerprint density at radius 3 is 1.92 bits per heavy atom. The molecule has 0 bridgehead atoms. The minimum atomic E-state index is -0.916. The Labute approximate surface area is 75.2 Å². The SMILES string of the molecule is COC(C)(C)C(C)(O)C=C(C)C. The summed E-state index contributed by atoms with van der Waals surface area (Å²) in [5.41, 5.74) is -0.379. The van der Waals surface area contributed by atoms with Crippen LogP contribution >= 0.6 is 0 Å². The van der Waals surface area contributed by atoms with Gasteiger partial charge in [-0.1, -0.05) is 11.6 Å². The van der Waals surface area contributed by atoms with Crippen LogP contribution in [0.5, 0.6) is 0 Å². The van der Waals surface area contributed by atoms with Gasteiger partial charge in [-0.25, -0.2) is 0 Å². The molecule has 72 valence electrons. The monoisotopic (exact) mass is 172 g/mol. The van der Waals surface area contributed by atoms with Crippen LogP contribution in [0.2, 0.25) is 0 Å². The number of aliphatic hydroxyl groups is 1. The Bertz CT molecular complexity index is 174. The lowest BCUT2D eigenvalue weighted by atomic mass is 9.86. The standard InChI is InChI=1S/C10H20O2/c1-8(2)7-10(5,11)9(3,4)12-6/h7,11H,1-6H3. The summed E-state index contributed by atoms with van der Waals surface area (Å²) in [5, 5.41) is 10.0. The Morgan fingerprint density at radius 2 is 1.67 bits per heavy atom. The van der Waals surface area contributed by atoms with Gasteiger partial charge in [0, 0.05) is 7.11 Å². The lowest BCUT2D eigenvalue weighted by Gasteiger charge is -2.36. The van der Waals surface area contributed by atoms with Crippen molar-refractivity contribution in [2.24, 2.45) is 0 Å². The van der Waals surface area contributed by atoms with Crippen LogP contribution in [-0.2, 0) is 4.74 Å². The summed E-state index contributed by atoms with van der Waals surface area (Å²) in [6.07, 6.45) is 1.82. The molecule has 0 rings (SSSR count). The topological polar surface area (TPSA) is 29.5 Å².